The first-order valence-electron chi connectivity index (χ1n) is 6.22. The number of hydrogen-bond donors (Lipinski definition) is 0. The Morgan fingerprint density at radius 3 is 2.31 bits per heavy atom. The smallest absolute Gasteiger partial charge is 0.0367 e. The van der Waals surface area contributed by atoms with Crippen molar-refractivity contribution < 1.29 is 0 Å². The highest BCUT2D eigenvalue weighted by Gasteiger charge is 2.15. The summed E-state index contributed by atoms with van der Waals surface area (Å²) in [6, 6.07) is 10.7. The van der Waals surface area contributed by atoms with Crippen LogP contribution in [0.1, 0.15) is 12.8 Å². The van der Waals surface area contributed by atoms with E-state index in [9.17, 15) is 0 Å². The number of para-hydroxylation sites is 1. The minimum atomic E-state index is 1.05. The SMILES string of the molecule is [CH2]CCCN1CCN(c2ccccc2)CC1. The first-order valence-corrected chi connectivity index (χ1v) is 6.22. The average Bonchev–Trinajstić information content (AvgIpc) is 2.38. The maximum absolute atomic E-state index is 3.90. The normalized spacial score (nSPS) is 17.7. The lowest BCUT2D eigenvalue weighted by Crippen LogP contribution is -2.46. The van der Waals surface area contributed by atoms with E-state index in [1.54, 1.807) is 0 Å². The van der Waals surface area contributed by atoms with Crippen LogP contribution in [0.2, 0.25) is 0 Å². The van der Waals surface area contributed by atoms with Gasteiger partial charge >= 0.3 is 0 Å². The summed E-state index contributed by atoms with van der Waals surface area (Å²) in [6.45, 7) is 9.80. The van der Waals surface area contributed by atoms with Crippen LogP contribution in [-0.2, 0) is 0 Å². The summed E-state index contributed by atoms with van der Waals surface area (Å²) < 4.78 is 0. The molecule has 1 aliphatic rings. The van der Waals surface area contributed by atoms with Gasteiger partial charge < -0.3 is 4.90 Å². The third kappa shape index (κ3) is 2.99. The molecule has 16 heavy (non-hydrogen) atoms. The molecule has 1 fully saturated rings. The predicted octanol–water partition coefficient (Wildman–Crippen LogP) is 2.42. The molecule has 0 saturated carbocycles. The molecule has 0 bridgehead atoms. The van der Waals surface area contributed by atoms with Gasteiger partial charge in [0.05, 0.1) is 0 Å². The summed E-state index contributed by atoms with van der Waals surface area (Å²) in [5, 5.41) is 0. The van der Waals surface area contributed by atoms with Crippen LogP contribution >= 0.6 is 0 Å². The fourth-order valence-electron chi connectivity index (χ4n) is 2.20. The molecule has 87 valence electrons. The van der Waals surface area contributed by atoms with E-state index in [1.807, 2.05) is 0 Å². The van der Waals surface area contributed by atoms with E-state index in [4.69, 9.17) is 0 Å². The Kier molecular flexibility index (Phi) is 4.23. The van der Waals surface area contributed by atoms with Crippen molar-refractivity contribution in [3.63, 3.8) is 0 Å². The van der Waals surface area contributed by atoms with Crippen LogP contribution < -0.4 is 4.90 Å². The number of rotatable bonds is 4. The van der Waals surface area contributed by atoms with E-state index >= 15 is 0 Å². The Morgan fingerprint density at radius 1 is 1.00 bits per heavy atom. The standard InChI is InChI=1S/C14H21N2/c1-2-3-9-15-10-12-16(13-11-15)14-7-5-4-6-8-14/h4-8H,1-3,9-13H2. The molecule has 0 spiro atoms. The molecule has 1 radical (unpaired) electrons. The molecule has 0 aromatic heterocycles. The molecular formula is C14H21N2. The monoisotopic (exact) mass is 217 g/mol. The van der Waals surface area contributed by atoms with Gasteiger partial charge in [-0.05, 0) is 25.1 Å². The summed E-state index contributed by atoms with van der Waals surface area (Å²) in [4.78, 5) is 5.02. The zero-order valence-corrected chi connectivity index (χ0v) is 9.94. The van der Waals surface area contributed by atoms with Gasteiger partial charge in [0.15, 0.2) is 0 Å². The molecule has 2 heteroatoms. The molecular weight excluding hydrogens is 196 g/mol. The van der Waals surface area contributed by atoms with Gasteiger partial charge in [-0.25, -0.2) is 0 Å². The fraction of sp³-hybridized carbons (Fsp3) is 0.500. The fourth-order valence-corrected chi connectivity index (χ4v) is 2.20. The van der Waals surface area contributed by atoms with Gasteiger partial charge in [-0.1, -0.05) is 31.5 Å². The van der Waals surface area contributed by atoms with E-state index in [-0.39, 0.29) is 0 Å². The van der Waals surface area contributed by atoms with Gasteiger partial charge in [-0.2, -0.15) is 0 Å². The van der Waals surface area contributed by atoms with Crippen molar-refractivity contribution in [2.45, 2.75) is 12.8 Å². The Hall–Kier alpha value is -1.02. The van der Waals surface area contributed by atoms with Crippen molar-refractivity contribution in [2.24, 2.45) is 0 Å². The van der Waals surface area contributed by atoms with Crippen molar-refractivity contribution in [3.05, 3.63) is 37.3 Å². The second-order valence-electron chi connectivity index (χ2n) is 4.37. The first kappa shape index (κ1) is 11.5. The van der Waals surface area contributed by atoms with Gasteiger partial charge in [-0.3, -0.25) is 4.90 Å². The topological polar surface area (TPSA) is 6.48 Å². The van der Waals surface area contributed by atoms with Crippen molar-refractivity contribution >= 4 is 5.69 Å². The van der Waals surface area contributed by atoms with Crippen molar-refractivity contribution in [3.8, 4) is 0 Å². The number of unbranched alkanes of at least 4 members (excludes halogenated alkanes) is 1. The van der Waals surface area contributed by atoms with E-state index in [2.05, 4.69) is 47.1 Å². The average molecular weight is 217 g/mol. The summed E-state index contributed by atoms with van der Waals surface area (Å²) in [5.74, 6) is 0. The number of benzene rings is 1. The van der Waals surface area contributed by atoms with Crippen LogP contribution in [0.15, 0.2) is 30.3 Å². The summed E-state index contributed by atoms with van der Waals surface area (Å²) >= 11 is 0. The number of hydrogen-bond acceptors (Lipinski definition) is 2. The first-order chi connectivity index (χ1) is 7.90. The quantitative estimate of drug-likeness (QED) is 0.764. The van der Waals surface area contributed by atoms with Crippen LogP contribution in [0.5, 0.6) is 0 Å². The maximum Gasteiger partial charge on any atom is 0.0367 e. The Bertz CT molecular complexity index is 289. The summed E-state index contributed by atoms with van der Waals surface area (Å²) in [6.07, 6.45) is 2.28. The molecule has 1 aromatic carbocycles. The third-order valence-electron chi connectivity index (χ3n) is 3.22. The summed E-state index contributed by atoms with van der Waals surface area (Å²) in [7, 11) is 0. The Balaban J connectivity index is 1.81. The number of nitrogens with zero attached hydrogens (tertiary/aromatic N) is 2. The van der Waals surface area contributed by atoms with E-state index in [1.165, 1.54) is 31.7 Å². The van der Waals surface area contributed by atoms with Gasteiger partial charge in [0.2, 0.25) is 0 Å². The minimum absolute atomic E-state index is 1.05. The van der Waals surface area contributed by atoms with Crippen LogP contribution in [0.4, 0.5) is 5.69 Å². The molecule has 0 aliphatic carbocycles. The molecule has 1 saturated heterocycles. The molecule has 0 atom stereocenters. The third-order valence-corrected chi connectivity index (χ3v) is 3.22. The zero-order valence-electron chi connectivity index (χ0n) is 9.94. The summed E-state index contributed by atoms with van der Waals surface area (Å²) in [5.41, 5.74) is 1.36. The zero-order chi connectivity index (χ0) is 11.2. The molecule has 0 unspecified atom stereocenters. The minimum Gasteiger partial charge on any atom is -0.369 e. The van der Waals surface area contributed by atoms with Crippen LogP contribution in [0, 0.1) is 6.92 Å². The van der Waals surface area contributed by atoms with E-state index in [0.717, 1.165) is 19.5 Å². The molecule has 1 aromatic rings. The number of piperazine rings is 1. The van der Waals surface area contributed by atoms with Gasteiger partial charge in [0.1, 0.15) is 0 Å². The maximum atomic E-state index is 3.90. The highest BCUT2D eigenvalue weighted by atomic mass is 15.3. The largest absolute Gasteiger partial charge is 0.369 e. The lowest BCUT2D eigenvalue weighted by atomic mass is 10.2. The molecule has 1 aliphatic heterocycles. The van der Waals surface area contributed by atoms with Crippen LogP contribution in [-0.4, -0.2) is 37.6 Å². The molecule has 0 N–H and O–H groups in total. The second kappa shape index (κ2) is 5.90. The second-order valence-corrected chi connectivity index (χ2v) is 4.37. The predicted molar refractivity (Wildman–Crippen MR) is 69.7 cm³/mol. The van der Waals surface area contributed by atoms with E-state index < -0.39 is 0 Å². The van der Waals surface area contributed by atoms with Gasteiger partial charge in [-0.15, -0.1) is 0 Å². The van der Waals surface area contributed by atoms with Gasteiger partial charge in [0.25, 0.3) is 0 Å². The Labute approximate surface area is 98.9 Å². The molecule has 2 rings (SSSR count). The van der Waals surface area contributed by atoms with Crippen LogP contribution in [0.25, 0.3) is 0 Å². The number of anilines is 1. The van der Waals surface area contributed by atoms with Crippen LogP contribution in [0.3, 0.4) is 0 Å². The highest BCUT2D eigenvalue weighted by molar-refractivity contribution is 5.46. The molecule has 1 heterocycles. The van der Waals surface area contributed by atoms with E-state index in [0.29, 0.717) is 0 Å². The highest BCUT2D eigenvalue weighted by Crippen LogP contribution is 2.15. The lowest BCUT2D eigenvalue weighted by molar-refractivity contribution is 0.255. The van der Waals surface area contributed by atoms with Gasteiger partial charge in [0, 0.05) is 31.9 Å². The lowest BCUT2D eigenvalue weighted by Gasteiger charge is -2.36. The molecule has 0 amide bonds. The van der Waals surface area contributed by atoms with Crippen molar-refractivity contribution in [1.82, 2.24) is 4.90 Å². The molecule has 2 nitrogen and oxygen atoms in total. The van der Waals surface area contributed by atoms with Crippen molar-refractivity contribution in [1.29, 1.82) is 0 Å². The Morgan fingerprint density at radius 2 is 1.69 bits per heavy atom. The van der Waals surface area contributed by atoms with Crippen molar-refractivity contribution in [2.75, 3.05) is 37.6 Å².